The van der Waals surface area contributed by atoms with E-state index in [2.05, 4.69) is 5.32 Å². The average molecular weight is 402 g/mol. The second kappa shape index (κ2) is 8.43. The number of carbonyl (C=O) groups excluding carboxylic acids is 2. The number of rotatable bonds is 7. The van der Waals surface area contributed by atoms with Gasteiger partial charge in [0.1, 0.15) is 0 Å². The first kappa shape index (κ1) is 19.9. The lowest BCUT2D eigenvalue weighted by atomic mass is 9.86. The molecule has 0 unspecified atom stereocenters. The third-order valence-corrected chi connectivity index (χ3v) is 6.46. The summed E-state index contributed by atoms with van der Waals surface area (Å²) in [6.07, 6.45) is 2.61. The molecule has 0 spiro atoms. The first-order chi connectivity index (χ1) is 13.4. The van der Waals surface area contributed by atoms with Gasteiger partial charge in [-0.1, -0.05) is 30.7 Å². The van der Waals surface area contributed by atoms with Crippen molar-refractivity contribution in [3.8, 4) is 0 Å². The lowest BCUT2D eigenvalue weighted by Gasteiger charge is -2.22. The Morgan fingerprint density at radius 3 is 2.46 bits per heavy atom. The molecule has 0 aliphatic heterocycles. The second-order valence-corrected chi connectivity index (χ2v) is 8.59. The van der Waals surface area contributed by atoms with Crippen molar-refractivity contribution in [2.75, 3.05) is 23.3 Å². The van der Waals surface area contributed by atoms with Gasteiger partial charge in [0, 0.05) is 12.7 Å². The summed E-state index contributed by atoms with van der Waals surface area (Å²) >= 11 is 0. The molecule has 28 heavy (non-hydrogen) atoms. The number of amides is 1. The van der Waals surface area contributed by atoms with E-state index >= 15 is 0 Å². The van der Waals surface area contributed by atoms with Crippen LogP contribution in [-0.4, -0.2) is 33.9 Å². The van der Waals surface area contributed by atoms with Crippen LogP contribution in [0.1, 0.15) is 19.3 Å². The summed E-state index contributed by atoms with van der Waals surface area (Å²) < 4.78 is 31.9. The summed E-state index contributed by atoms with van der Waals surface area (Å²) in [5.41, 5.74) is 0.840. The number of nitrogens with one attached hydrogen (secondary N) is 1. The van der Waals surface area contributed by atoms with E-state index in [1.54, 1.807) is 42.5 Å². The highest BCUT2D eigenvalue weighted by Crippen LogP contribution is 2.27. The maximum Gasteiger partial charge on any atom is 0.309 e. The Bertz CT molecular complexity index is 956. The van der Waals surface area contributed by atoms with Crippen LogP contribution in [0.4, 0.5) is 11.4 Å². The van der Waals surface area contributed by atoms with E-state index in [0.717, 1.165) is 19.3 Å². The summed E-state index contributed by atoms with van der Waals surface area (Å²) in [6.45, 7) is -0.393. The number of sulfonamides is 1. The van der Waals surface area contributed by atoms with Crippen LogP contribution in [0, 0.1) is 5.92 Å². The molecule has 3 rings (SSSR count). The molecule has 8 heteroatoms. The molecular weight excluding hydrogens is 380 g/mol. The van der Waals surface area contributed by atoms with Gasteiger partial charge in [0.2, 0.25) is 0 Å². The highest BCUT2D eigenvalue weighted by molar-refractivity contribution is 7.92. The second-order valence-electron chi connectivity index (χ2n) is 6.62. The van der Waals surface area contributed by atoms with Crippen LogP contribution in [0.5, 0.6) is 0 Å². The van der Waals surface area contributed by atoms with Crippen molar-refractivity contribution >= 4 is 33.3 Å². The molecule has 1 aliphatic carbocycles. The van der Waals surface area contributed by atoms with Crippen molar-refractivity contribution in [2.24, 2.45) is 5.92 Å². The van der Waals surface area contributed by atoms with Crippen molar-refractivity contribution in [3.05, 3.63) is 54.6 Å². The SMILES string of the molecule is CN(c1ccccc1)S(=O)(=O)c1cccc(NC(=O)COC(=O)C2CCC2)c1. The van der Waals surface area contributed by atoms with Gasteiger partial charge >= 0.3 is 5.97 Å². The van der Waals surface area contributed by atoms with Gasteiger partial charge in [-0.25, -0.2) is 8.42 Å². The maximum absolute atomic E-state index is 12.8. The number of esters is 1. The fourth-order valence-corrected chi connectivity index (χ4v) is 4.01. The van der Waals surface area contributed by atoms with Crippen LogP contribution in [0.15, 0.2) is 59.5 Å². The smallest absolute Gasteiger partial charge is 0.309 e. The Morgan fingerprint density at radius 1 is 1.11 bits per heavy atom. The number of para-hydroxylation sites is 1. The fraction of sp³-hybridized carbons (Fsp3) is 0.300. The Labute approximate surface area is 164 Å². The van der Waals surface area contributed by atoms with Crippen LogP contribution in [0.3, 0.4) is 0 Å². The molecule has 0 heterocycles. The largest absolute Gasteiger partial charge is 0.455 e. The summed E-state index contributed by atoms with van der Waals surface area (Å²) in [7, 11) is -2.32. The molecule has 2 aromatic rings. The number of anilines is 2. The first-order valence-electron chi connectivity index (χ1n) is 8.98. The fourth-order valence-electron chi connectivity index (χ4n) is 2.76. The van der Waals surface area contributed by atoms with E-state index in [9.17, 15) is 18.0 Å². The molecule has 1 N–H and O–H groups in total. The third-order valence-electron chi connectivity index (χ3n) is 4.68. The topological polar surface area (TPSA) is 92.8 Å². The van der Waals surface area contributed by atoms with E-state index in [1.165, 1.54) is 23.5 Å². The highest BCUT2D eigenvalue weighted by Gasteiger charge is 2.27. The van der Waals surface area contributed by atoms with Crippen molar-refractivity contribution in [1.82, 2.24) is 0 Å². The quantitative estimate of drug-likeness (QED) is 0.719. The van der Waals surface area contributed by atoms with Crippen molar-refractivity contribution in [3.63, 3.8) is 0 Å². The van der Waals surface area contributed by atoms with Gasteiger partial charge < -0.3 is 10.1 Å². The van der Waals surface area contributed by atoms with Gasteiger partial charge in [-0.3, -0.25) is 13.9 Å². The van der Waals surface area contributed by atoms with Crippen molar-refractivity contribution in [2.45, 2.75) is 24.2 Å². The van der Waals surface area contributed by atoms with Gasteiger partial charge in [0.05, 0.1) is 16.5 Å². The van der Waals surface area contributed by atoms with Crippen LogP contribution >= 0.6 is 0 Å². The Morgan fingerprint density at radius 2 is 1.82 bits per heavy atom. The predicted octanol–water partition coefficient (Wildman–Crippen LogP) is 2.79. The molecule has 1 saturated carbocycles. The van der Waals surface area contributed by atoms with Crippen LogP contribution < -0.4 is 9.62 Å². The van der Waals surface area contributed by atoms with Gasteiger partial charge in [-0.15, -0.1) is 0 Å². The standard InChI is InChI=1S/C20H22N2O5S/c1-22(17-10-3-2-4-11-17)28(25,26)18-12-6-9-16(13-18)21-19(23)14-27-20(24)15-7-5-8-15/h2-4,6,9-13,15H,5,7-8,14H2,1H3,(H,21,23). The minimum absolute atomic E-state index is 0.0446. The van der Waals surface area contributed by atoms with Crippen LogP contribution in [0.2, 0.25) is 0 Å². The van der Waals surface area contributed by atoms with E-state index in [0.29, 0.717) is 11.4 Å². The molecule has 0 radical (unpaired) electrons. The van der Waals surface area contributed by atoms with Gasteiger partial charge in [0.25, 0.3) is 15.9 Å². The summed E-state index contributed by atoms with van der Waals surface area (Å²) in [6, 6.07) is 14.7. The Kier molecular flexibility index (Phi) is 5.99. The molecule has 0 saturated heterocycles. The zero-order chi connectivity index (χ0) is 20.1. The number of ether oxygens (including phenoxy) is 1. The van der Waals surface area contributed by atoms with Gasteiger partial charge in [-0.05, 0) is 43.2 Å². The van der Waals surface area contributed by atoms with Crippen LogP contribution in [0.25, 0.3) is 0 Å². The maximum atomic E-state index is 12.8. The Balaban J connectivity index is 1.66. The molecule has 2 aromatic carbocycles. The number of hydrogen-bond acceptors (Lipinski definition) is 5. The van der Waals surface area contributed by atoms with E-state index < -0.39 is 22.5 Å². The predicted molar refractivity (Wildman–Crippen MR) is 105 cm³/mol. The first-order valence-corrected chi connectivity index (χ1v) is 10.4. The molecule has 148 valence electrons. The number of hydrogen-bond donors (Lipinski definition) is 1. The normalized spacial score (nSPS) is 14.0. The van der Waals surface area contributed by atoms with E-state index in [4.69, 9.17) is 4.74 Å². The zero-order valence-electron chi connectivity index (χ0n) is 15.5. The minimum atomic E-state index is -3.79. The lowest BCUT2D eigenvalue weighted by Crippen LogP contribution is -2.28. The summed E-state index contributed by atoms with van der Waals surface area (Å²) in [4.78, 5) is 23.7. The molecule has 1 aliphatic rings. The van der Waals surface area contributed by atoms with E-state index in [-0.39, 0.29) is 16.8 Å². The van der Waals surface area contributed by atoms with Crippen molar-refractivity contribution < 1.29 is 22.7 Å². The van der Waals surface area contributed by atoms with Gasteiger partial charge in [0.15, 0.2) is 6.61 Å². The molecular formula is C20H22N2O5S. The highest BCUT2D eigenvalue weighted by atomic mass is 32.2. The average Bonchev–Trinajstić information content (AvgIpc) is 2.65. The number of carbonyl (C=O) groups is 2. The third kappa shape index (κ3) is 4.51. The molecule has 7 nitrogen and oxygen atoms in total. The van der Waals surface area contributed by atoms with Gasteiger partial charge in [-0.2, -0.15) is 0 Å². The lowest BCUT2D eigenvalue weighted by molar-refractivity contribution is -0.154. The molecule has 0 aromatic heterocycles. The molecule has 0 atom stereocenters. The molecule has 1 fully saturated rings. The minimum Gasteiger partial charge on any atom is -0.455 e. The monoisotopic (exact) mass is 402 g/mol. The number of nitrogens with zero attached hydrogens (tertiary/aromatic N) is 1. The summed E-state index contributed by atoms with van der Waals surface area (Å²) in [5.74, 6) is -0.976. The number of benzene rings is 2. The molecule has 1 amide bonds. The van der Waals surface area contributed by atoms with E-state index in [1.807, 2.05) is 0 Å². The Hall–Kier alpha value is -2.87. The summed E-state index contributed by atoms with van der Waals surface area (Å²) in [5, 5.41) is 2.56. The molecule has 0 bridgehead atoms. The van der Waals surface area contributed by atoms with Crippen LogP contribution in [-0.2, 0) is 24.3 Å². The van der Waals surface area contributed by atoms with Crippen molar-refractivity contribution in [1.29, 1.82) is 0 Å². The zero-order valence-corrected chi connectivity index (χ0v) is 16.3.